The average Bonchev–Trinajstić information content (AvgIpc) is 3.48. The number of hydrogen-bond donors (Lipinski definition) is 2. The van der Waals surface area contributed by atoms with Crippen molar-refractivity contribution in [2.45, 2.75) is 57.4 Å². The van der Waals surface area contributed by atoms with Crippen molar-refractivity contribution >= 4 is 5.91 Å². The highest BCUT2D eigenvalue weighted by Crippen LogP contribution is 2.32. The molecule has 0 spiro atoms. The van der Waals surface area contributed by atoms with Gasteiger partial charge in [0.15, 0.2) is 0 Å². The summed E-state index contributed by atoms with van der Waals surface area (Å²) in [7, 11) is 0. The summed E-state index contributed by atoms with van der Waals surface area (Å²) in [5, 5.41) is 3.88. The average molecular weight is 467 g/mol. The van der Waals surface area contributed by atoms with Gasteiger partial charge in [-0.3, -0.25) is 15.1 Å². The second kappa shape index (κ2) is 9.78. The predicted octanol–water partition coefficient (Wildman–Crippen LogP) is 3.00. The first kappa shape index (κ1) is 23.7. The minimum Gasteiger partial charge on any atom is -0.339 e. The maximum Gasteiger partial charge on any atom is 0.416 e. The maximum absolute atomic E-state index is 13.0. The lowest BCUT2D eigenvalue weighted by molar-refractivity contribution is -0.137. The molecule has 2 aliphatic rings. The molecule has 2 saturated heterocycles. The fourth-order valence-corrected chi connectivity index (χ4v) is 4.38. The Morgan fingerprint density at radius 2 is 2.00 bits per heavy atom. The van der Waals surface area contributed by atoms with E-state index in [0.29, 0.717) is 38.1 Å². The number of aromatic nitrogens is 2. The molecule has 3 heterocycles. The molecule has 0 radical (unpaired) electrons. The topological polar surface area (TPSA) is 86.5 Å². The van der Waals surface area contributed by atoms with Gasteiger partial charge in [-0.1, -0.05) is 30.6 Å². The first-order valence-electron chi connectivity index (χ1n) is 11.3. The number of carbonyl (C=O) groups excluding carboxylic acids is 1. The summed E-state index contributed by atoms with van der Waals surface area (Å²) in [6.45, 7) is 6.52. The van der Waals surface area contributed by atoms with Gasteiger partial charge >= 0.3 is 6.18 Å². The molecule has 1 aromatic heterocycles. The molecular formula is C22H29F3N6O2. The Morgan fingerprint density at radius 1 is 1.24 bits per heavy atom. The molecule has 11 heteroatoms. The van der Waals surface area contributed by atoms with Crippen LogP contribution in [-0.4, -0.2) is 64.1 Å². The number of nitrogens with zero attached hydrogens (tertiary/aromatic N) is 4. The number of halogens is 3. The van der Waals surface area contributed by atoms with Crippen LogP contribution in [0.3, 0.4) is 0 Å². The van der Waals surface area contributed by atoms with Crippen LogP contribution < -0.4 is 10.9 Å². The molecule has 3 unspecified atom stereocenters. The molecule has 180 valence electrons. The van der Waals surface area contributed by atoms with Crippen molar-refractivity contribution in [1.29, 1.82) is 0 Å². The highest BCUT2D eigenvalue weighted by atomic mass is 19.4. The molecule has 2 N–H and O–H groups in total. The molecule has 0 bridgehead atoms. The Bertz CT molecular complexity index is 958. The van der Waals surface area contributed by atoms with Gasteiger partial charge < -0.3 is 9.42 Å². The van der Waals surface area contributed by atoms with E-state index in [1.807, 2.05) is 11.8 Å². The molecule has 2 fully saturated rings. The summed E-state index contributed by atoms with van der Waals surface area (Å²) in [5.74, 6) is 0.572. The Labute approximate surface area is 190 Å². The summed E-state index contributed by atoms with van der Waals surface area (Å²) in [6, 6.07) is 4.79. The Kier molecular flexibility index (Phi) is 7.01. The second-order valence-corrected chi connectivity index (χ2v) is 8.63. The molecule has 3 atom stereocenters. The van der Waals surface area contributed by atoms with Crippen molar-refractivity contribution in [2.75, 3.05) is 26.2 Å². The monoisotopic (exact) mass is 466 g/mol. The third kappa shape index (κ3) is 5.36. The van der Waals surface area contributed by atoms with Gasteiger partial charge in [0.05, 0.1) is 11.6 Å². The zero-order valence-electron chi connectivity index (χ0n) is 18.7. The molecule has 8 nitrogen and oxygen atoms in total. The van der Waals surface area contributed by atoms with Gasteiger partial charge in [-0.15, -0.1) is 0 Å². The highest BCUT2D eigenvalue weighted by molar-refractivity contribution is 5.82. The van der Waals surface area contributed by atoms with Crippen molar-refractivity contribution in [3.05, 3.63) is 35.7 Å². The summed E-state index contributed by atoms with van der Waals surface area (Å²) in [6.07, 6.45) is -1.53. The van der Waals surface area contributed by atoms with Crippen LogP contribution >= 0.6 is 0 Å². The van der Waals surface area contributed by atoms with E-state index in [-0.39, 0.29) is 29.4 Å². The van der Waals surface area contributed by atoms with Crippen LogP contribution in [0.2, 0.25) is 0 Å². The van der Waals surface area contributed by atoms with Crippen LogP contribution in [0.4, 0.5) is 13.2 Å². The third-order valence-corrected chi connectivity index (χ3v) is 6.34. The zero-order chi connectivity index (χ0) is 23.6. The summed E-state index contributed by atoms with van der Waals surface area (Å²) in [5.41, 5.74) is 5.82. The number of rotatable bonds is 6. The first-order valence-corrected chi connectivity index (χ1v) is 11.3. The van der Waals surface area contributed by atoms with Crippen molar-refractivity contribution in [2.24, 2.45) is 0 Å². The van der Waals surface area contributed by atoms with Crippen LogP contribution in [0.25, 0.3) is 11.4 Å². The molecule has 33 heavy (non-hydrogen) atoms. The molecule has 2 aliphatic heterocycles. The van der Waals surface area contributed by atoms with Crippen LogP contribution in [0.15, 0.2) is 28.8 Å². The van der Waals surface area contributed by atoms with Crippen LogP contribution in [0, 0.1) is 0 Å². The van der Waals surface area contributed by atoms with E-state index in [1.54, 1.807) is 0 Å². The lowest BCUT2D eigenvalue weighted by Crippen LogP contribution is -2.54. The molecule has 0 saturated carbocycles. The van der Waals surface area contributed by atoms with Gasteiger partial charge in [-0.25, -0.2) is 5.43 Å². The zero-order valence-corrected chi connectivity index (χ0v) is 18.7. The highest BCUT2D eigenvalue weighted by Gasteiger charge is 2.35. The van der Waals surface area contributed by atoms with Crippen molar-refractivity contribution in [1.82, 2.24) is 30.8 Å². The number of alkyl halides is 3. The van der Waals surface area contributed by atoms with Gasteiger partial charge in [-0.2, -0.15) is 18.2 Å². The summed E-state index contributed by atoms with van der Waals surface area (Å²) < 4.78 is 44.4. The number of nitrogens with one attached hydrogen (secondary N) is 2. The molecule has 1 amide bonds. The fourth-order valence-electron chi connectivity index (χ4n) is 4.38. The van der Waals surface area contributed by atoms with E-state index in [4.69, 9.17) is 4.52 Å². The van der Waals surface area contributed by atoms with Gasteiger partial charge in [0, 0.05) is 37.8 Å². The molecule has 0 aliphatic carbocycles. The Hall–Kier alpha value is -2.50. The van der Waals surface area contributed by atoms with E-state index in [0.717, 1.165) is 31.4 Å². The number of hydrazine groups is 1. The summed E-state index contributed by atoms with van der Waals surface area (Å²) in [4.78, 5) is 21.2. The van der Waals surface area contributed by atoms with Gasteiger partial charge in [0.1, 0.15) is 6.04 Å². The quantitative estimate of drug-likeness (QED) is 0.677. The van der Waals surface area contributed by atoms with Crippen molar-refractivity contribution < 1.29 is 22.5 Å². The Morgan fingerprint density at radius 3 is 2.70 bits per heavy atom. The maximum atomic E-state index is 13.0. The minimum absolute atomic E-state index is 0.109. The van der Waals surface area contributed by atoms with E-state index in [9.17, 15) is 18.0 Å². The Balaban J connectivity index is 1.34. The second-order valence-electron chi connectivity index (χ2n) is 8.63. The lowest BCUT2D eigenvalue weighted by Gasteiger charge is -2.37. The molecule has 1 aromatic carbocycles. The normalized spacial score (nSPS) is 23.1. The van der Waals surface area contributed by atoms with Gasteiger partial charge in [-0.05, 0) is 31.9 Å². The van der Waals surface area contributed by atoms with Crippen molar-refractivity contribution in [3.8, 4) is 11.4 Å². The molecule has 2 aromatic rings. The van der Waals surface area contributed by atoms with Gasteiger partial charge in [0.25, 0.3) is 0 Å². The van der Waals surface area contributed by atoms with E-state index in [2.05, 4.69) is 32.8 Å². The predicted molar refractivity (Wildman–Crippen MR) is 115 cm³/mol. The first-order chi connectivity index (χ1) is 15.8. The number of benzene rings is 1. The van der Waals surface area contributed by atoms with Crippen LogP contribution in [0.5, 0.6) is 0 Å². The smallest absolute Gasteiger partial charge is 0.339 e. The largest absolute Gasteiger partial charge is 0.416 e. The molecule has 4 rings (SSSR count). The van der Waals surface area contributed by atoms with Crippen LogP contribution in [0.1, 0.15) is 50.6 Å². The fraction of sp³-hybridized carbons (Fsp3) is 0.591. The van der Waals surface area contributed by atoms with E-state index in [1.165, 1.54) is 12.1 Å². The standard InChI is InChI=1S/C22H29F3N6O2/c1-3-5-17-13-18(28-27-17)21(32)31-10-8-30(9-11-31)14(2)20-26-19(29-33-20)15-6-4-7-16(12-15)22(23,24)25/h4,6-7,12,14,17-18,27-28H,3,5,8-11,13H2,1-2H3. The van der Waals surface area contributed by atoms with Crippen LogP contribution in [-0.2, 0) is 11.0 Å². The minimum atomic E-state index is -4.44. The van der Waals surface area contributed by atoms with Crippen molar-refractivity contribution in [3.63, 3.8) is 0 Å². The number of carbonyl (C=O) groups is 1. The number of amides is 1. The summed E-state index contributed by atoms with van der Waals surface area (Å²) >= 11 is 0. The SMILES string of the molecule is CCCC1CC(C(=O)N2CCN(C(C)c3nc(-c4cccc(C(F)(F)F)c4)no3)CC2)NN1. The third-order valence-electron chi connectivity index (χ3n) is 6.34. The van der Waals surface area contributed by atoms with E-state index >= 15 is 0 Å². The number of hydrogen-bond acceptors (Lipinski definition) is 7. The molecular weight excluding hydrogens is 437 g/mol. The number of piperazine rings is 1. The lowest BCUT2D eigenvalue weighted by atomic mass is 10.0. The van der Waals surface area contributed by atoms with Gasteiger partial charge in [0.2, 0.25) is 17.6 Å². The van der Waals surface area contributed by atoms with E-state index < -0.39 is 11.7 Å².